The van der Waals surface area contributed by atoms with Gasteiger partial charge in [0.1, 0.15) is 0 Å². The van der Waals surface area contributed by atoms with Crippen LogP contribution in [-0.4, -0.2) is 57.8 Å². The Hall–Kier alpha value is -3.11. The summed E-state index contributed by atoms with van der Waals surface area (Å²) < 4.78 is 27.1. The molecule has 0 aliphatic heterocycles. The van der Waals surface area contributed by atoms with Crippen LogP contribution in [0.1, 0.15) is 31.1 Å². The van der Waals surface area contributed by atoms with Crippen LogP contribution in [0.4, 0.5) is 17.1 Å². The van der Waals surface area contributed by atoms with Crippen molar-refractivity contribution in [3.8, 4) is 0 Å². The van der Waals surface area contributed by atoms with Gasteiger partial charge in [0.05, 0.1) is 22.8 Å². The minimum absolute atomic E-state index is 0.0651. The third kappa shape index (κ3) is 6.21. The predicted molar refractivity (Wildman–Crippen MR) is 128 cm³/mol. The Kier molecular flexibility index (Phi) is 9.03. The summed E-state index contributed by atoms with van der Waals surface area (Å²) in [6.07, 6.45) is 0. The molecule has 32 heavy (non-hydrogen) atoms. The summed E-state index contributed by atoms with van der Waals surface area (Å²) in [6, 6.07) is 11.3. The molecule has 0 aliphatic rings. The number of carbonyl (C=O) groups excluding carboxylic acids is 2. The van der Waals surface area contributed by atoms with Gasteiger partial charge in [0, 0.05) is 37.9 Å². The molecule has 0 fully saturated rings. The Balaban J connectivity index is 2.14. The molecule has 2 amide bonds. The Morgan fingerprint density at radius 3 is 2.12 bits per heavy atom. The summed E-state index contributed by atoms with van der Waals surface area (Å²) in [5.74, 6) is -0.516. The molecule has 0 saturated heterocycles. The minimum atomic E-state index is -3.62. The number of carbonyl (C=O) groups is 2. The first-order chi connectivity index (χ1) is 15.3. The van der Waals surface area contributed by atoms with Crippen LogP contribution >= 0.6 is 0 Å². The number of anilines is 3. The molecule has 2 aromatic carbocycles. The topological polar surface area (TPSA) is 120 Å². The normalized spacial score (nSPS) is 11.2. The van der Waals surface area contributed by atoms with Crippen LogP contribution in [0.3, 0.4) is 0 Å². The van der Waals surface area contributed by atoms with Gasteiger partial charge in [0.15, 0.2) is 0 Å². The Morgan fingerprint density at radius 1 is 0.906 bits per heavy atom. The SMILES string of the molecule is CCNc1ccc(S(=O)(=O)N(CC)CC)cc1NCC(=O)Nc1ccc(C(=O)NC)cc1. The standard InChI is InChI=1S/C22H31N5O4S/c1-5-24-19-13-12-18(32(30,31)27(6-2)7-3)14-20(19)25-15-21(28)26-17-10-8-16(9-11-17)22(29)23-4/h8-14,24-25H,5-7,15H2,1-4H3,(H,23,29)(H,26,28). The highest BCUT2D eigenvalue weighted by molar-refractivity contribution is 7.89. The number of rotatable bonds is 11. The molecule has 174 valence electrons. The van der Waals surface area contributed by atoms with Crippen LogP contribution < -0.4 is 21.3 Å². The maximum Gasteiger partial charge on any atom is 0.251 e. The fraction of sp³-hybridized carbons (Fsp3) is 0.364. The number of hydrogen-bond donors (Lipinski definition) is 4. The summed E-state index contributed by atoms with van der Waals surface area (Å²) >= 11 is 0. The van der Waals surface area contributed by atoms with E-state index >= 15 is 0 Å². The molecule has 0 heterocycles. The van der Waals surface area contributed by atoms with Crippen molar-refractivity contribution < 1.29 is 18.0 Å². The van der Waals surface area contributed by atoms with Gasteiger partial charge < -0.3 is 21.3 Å². The summed E-state index contributed by atoms with van der Waals surface area (Å²) in [4.78, 5) is 24.2. The summed E-state index contributed by atoms with van der Waals surface area (Å²) in [7, 11) is -2.07. The van der Waals surface area contributed by atoms with Gasteiger partial charge in [-0.2, -0.15) is 4.31 Å². The number of benzene rings is 2. The third-order valence-corrected chi connectivity index (χ3v) is 6.84. The van der Waals surface area contributed by atoms with E-state index in [4.69, 9.17) is 0 Å². The molecule has 0 aliphatic carbocycles. The second kappa shape index (κ2) is 11.5. The van der Waals surface area contributed by atoms with E-state index in [0.717, 1.165) is 0 Å². The van der Waals surface area contributed by atoms with Gasteiger partial charge in [-0.05, 0) is 49.4 Å². The highest BCUT2D eigenvalue weighted by Crippen LogP contribution is 2.27. The van der Waals surface area contributed by atoms with Crippen LogP contribution in [0, 0.1) is 0 Å². The quantitative estimate of drug-likeness (QED) is 0.408. The molecule has 0 bridgehead atoms. The van der Waals surface area contributed by atoms with Gasteiger partial charge in [-0.3, -0.25) is 9.59 Å². The first-order valence-corrected chi connectivity index (χ1v) is 11.9. The van der Waals surface area contributed by atoms with Gasteiger partial charge in [0.2, 0.25) is 15.9 Å². The van der Waals surface area contributed by atoms with Crippen molar-refractivity contribution in [1.82, 2.24) is 9.62 Å². The molecule has 0 spiro atoms. The molecular formula is C22H31N5O4S. The van der Waals surface area contributed by atoms with E-state index in [9.17, 15) is 18.0 Å². The van der Waals surface area contributed by atoms with Crippen LogP contribution in [0.25, 0.3) is 0 Å². The zero-order valence-corrected chi connectivity index (χ0v) is 19.7. The van der Waals surface area contributed by atoms with Crippen molar-refractivity contribution in [3.63, 3.8) is 0 Å². The molecule has 0 atom stereocenters. The number of amides is 2. The number of nitrogens with zero attached hydrogens (tertiary/aromatic N) is 1. The zero-order chi connectivity index (χ0) is 23.7. The Morgan fingerprint density at radius 2 is 1.56 bits per heavy atom. The third-order valence-electron chi connectivity index (χ3n) is 4.80. The first-order valence-electron chi connectivity index (χ1n) is 10.5. The second-order valence-electron chi connectivity index (χ2n) is 6.89. The molecular weight excluding hydrogens is 430 g/mol. The van der Waals surface area contributed by atoms with E-state index in [1.54, 1.807) is 57.3 Å². The van der Waals surface area contributed by atoms with Crippen molar-refractivity contribution in [2.24, 2.45) is 0 Å². The van der Waals surface area contributed by atoms with Crippen LogP contribution in [0.5, 0.6) is 0 Å². The maximum atomic E-state index is 12.9. The van der Waals surface area contributed by atoms with E-state index in [0.29, 0.717) is 42.3 Å². The molecule has 0 saturated carbocycles. The van der Waals surface area contributed by atoms with E-state index in [-0.39, 0.29) is 23.3 Å². The zero-order valence-electron chi connectivity index (χ0n) is 18.9. The number of nitrogens with one attached hydrogen (secondary N) is 4. The molecule has 9 nitrogen and oxygen atoms in total. The van der Waals surface area contributed by atoms with E-state index in [1.165, 1.54) is 10.4 Å². The van der Waals surface area contributed by atoms with E-state index in [2.05, 4.69) is 21.3 Å². The van der Waals surface area contributed by atoms with Crippen LogP contribution in [0.2, 0.25) is 0 Å². The largest absolute Gasteiger partial charge is 0.384 e. The lowest BCUT2D eigenvalue weighted by Crippen LogP contribution is -2.30. The van der Waals surface area contributed by atoms with Crippen molar-refractivity contribution in [1.29, 1.82) is 0 Å². The van der Waals surface area contributed by atoms with Crippen molar-refractivity contribution in [2.45, 2.75) is 25.7 Å². The number of sulfonamides is 1. The molecule has 2 rings (SSSR count). The lowest BCUT2D eigenvalue weighted by atomic mass is 10.2. The fourth-order valence-corrected chi connectivity index (χ4v) is 4.60. The van der Waals surface area contributed by atoms with Gasteiger partial charge >= 0.3 is 0 Å². The molecule has 0 unspecified atom stereocenters. The fourth-order valence-electron chi connectivity index (χ4n) is 3.12. The maximum absolute atomic E-state index is 12.9. The van der Waals surface area contributed by atoms with Crippen molar-refractivity contribution in [3.05, 3.63) is 48.0 Å². The summed E-state index contributed by atoms with van der Waals surface area (Å²) in [5.41, 5.74) is 2.26. The number of hydrogen-bond acceptors (Lipinski definition) is 6. The van der Waals surface area contributed by atoms with Gasteiger partial charge in [0.25, 0.3) is 5.91 Å². The Bertz CT molecular complexity index is 1030. The average molecular weight is 462 g/mol. The monoisotopic (exact) mass is 461 g/mol. The molecule has 0 aromatic heterocycles. The lowest BCUT2D eigenvalue weighted by Gasteiger charge is -2.20. The van der Waals surface area contributed by atoms with Crippen LogP contribution in [-0.2, 0) is 14.8 Å². The molecule has 10 heteroatoms. The van der Waals surface area contributed by atoms with Gasteiger partial charge in [-0.15, -0.1) is 0 Å². The lowest BCUT2D eigenvalue weighted by molar-refractivity contribution is -0.114. The van der Waals surface area contributed by atoms with Gasteiger partial charge in [-0.25, -0.2) is 8.42 Å². The van der Waals surface area contributed by atoms with Crippen molar-refractivity contribution in [2.75, 3.05) is 49.2 Å². The molecule has 2 aromatic rings. The van der Waals surface area contributed by atoms with E-state index < -0.39 is 10.0 Å². The summed E-state index contributed by atoms with van der Waals surface area (Å²) in [6.45, 7) is 6.83. The highest BCUT2D eigenvalue weighted by Gasteiger charge is 2.22. The summed E-state index contributed by atoms with van der Waals surface area (Å²) in [5, 5.41) is 11.5. The highest BCUT2D eigenvalue weighted by atomic mass is 32.2. The second-order valence-corrected chi connectivity index (χ2v) is 8.82. The van der Waals surface area contributed by atoms with E-state index in [1.807, 2.05) is 6.92 Å². The minimum Gasteiger partial charge on any atom is -0.384 e. The predicted octanol–water partition coefficient (Wildman–Crippen LogP) is 2.56. The smallest absolute Gasteiger partial charge is 0.251 e. The van der Waals surface area contributed by atoms with Crippen molar-refractivity contribution >= 4 is 38.9 Å². The van der Waals surface area contributed by atoms with Gasteiger partial charge in [-0.1, -0.05) is 13.8 Å². The van der Waals surface area contributed by atoms with Crippen LogP contribution in [0.15, 0.2) is 47.4 Å². The first kappa shape index (κ1) is 25.2. The molecule has 0 radical (unpaired) electrons. The Labute approximate surface area is 189 Å². The average Bonchev–Trinajstić information content (AvgIpc) is 2.79. The molecule has 4 N–H and O–H groups in total.